The maximum atomic E-state index is 5.70. The van der Waals surface area contributed by atoms with Gasteiger partial charge in [-0.1, -0.05) is 196 Å². The van der Waals surface area contributed by atoms with Crippen LogP contribution in [0.15, 0.2) is 82.8 Å². The zero-order valence-corrected chi connectivity index (χ0v) is 55.6. The van der Waals surface area contributed by atoms with E-state index in [0.29, 0.717) is 127 Å². The Balaban J connectivity index is 0.000000317. The predicted octanol–water partition coefficient (Wildman–Crippen LogP) is 16.8. The van der Waals surface area contributed by atoms with Gasteiger partial charge < -0.3 is 49.0 Å². The van der Waals surface area contributed by atoms with Crippen LogP contribution in [-0.4, -0.2) is 141 Å². The van der Waals surface area contributed by atoms with Gasteiger partial charge in [-0.05, 0) is 115 Å². The van der Waals surface area contributed by atoms with E-state index in [9.17, 15) is 0 Å². The van der Waals surface area contributed by atoms with Crippen LogP contribution < -0.4 is 0 Å². The van der Waals surface area contributed by atoms with Crippen LogP contribution in [0.3, 0.4) is 0 Å². The van der Waals surface area contributed by atoms with E-state index in [2.05, 4.69) is 193 Å². The van der Waals surface area contributed by atoms with Gasteiger partial charge in [0.1, 0.15) is 0 Å². The van der Waals surface area contributed by atoms with Crippen molar-refractivity contribution in [2.75, 3.05) is 119 Å². The number of para-hydroxylation sites is 4. The summed E-state index contributed by atoms with van der Waals surface area (Å²) in [7, 11) is 0. The smallest absolute Gasteiger partial charge is 0.0701 e. The fourth-order valence-corrected chi connectivity index (χ4v) is 9.73. The SMILES string of the molecule is C1COCCN2CCOCCOCCN(CCO1)CCOCCOCC2.CC(C)c1cccc(C(C)C)c1N=C[N-]c1c(C(C)C)cccc1C(C)C.CC(C)c1cccc(C(C)C)c1N=C[N-]c1c(C(C)C)cccc1C(C)C.[Sm]. The van der Waals surface area contributed by atoms with Crippen molar-refractivity contribution < 1.29 is 68.8 Å². The minimum atomic E-state index is 0. The molecular weight excluding hydrogens is 1150 g/mol. The molecule has 81 heavy (non-hydrogen) atoms. The fourth-order valence-electron chi connectivity index (χ4n) is 9.73. The Labute approximate surface area is 524 Å². The summed E-state index contributed by atoms with van der Waals surface area (Å²) in [5, 5.41) is 9.71. The average molecular weight is 1250 g/mol. The van der Waals surface area contributed by atoms with Gasteiger partial charge in [0.25, 0.3) is 0 Å². The summed E-state index contributed by atoms with van der Waals surface area (Å²) < 4.78 is 34.2. The van der Waals surface area contributed by atoms with Gasteiger partial charge in [0.15, 0.2) is 0 Å². The summed E-state index contributed by atoms with van der Waals surface area (Å²) in [6.07, 6.45) is 3.53. The van der Waals surface area contributed by atoms with Gasteiger partial charge in [0.2, 0.25) is 0 Å². The molecule has 452 valence electrons. The van der Waals surface area contributed by atoms with Crippen molar-refractivity contribution in [2.24, 2.45) is 9.98 Å². The molecule has 3 aliphatic rings. The molecule has 3 aliphatic heterocycles. The summed E-state index contributed by atoms with van der Waals surface area (Å²) in [6.45, 7) is 48.7. The molecule has 0 aromatic heterocycles. The first-order valence-corrected chi connectivity index (χ1v) is 30.3. The van der Waals surface area contributed by atoms with Gasteiger partial charge in [-0.2, -0.15) is 0 Å². The van der Waals surface area contributed by atoms with Crippen LogP contribution in [0.1, 0.15) is 203 Å². The quantitative estimate of drug-likeness (QED) is 0.0906. The van der Waals surface area contributed by atoms with Crippen LogP contribution in [0.25, 0.3) is 10.6 Å². The second-order valence-electron chi connectivity index (χ2n) is 23.5. The van der Waals surface area contributed by atoms with Crippen molar-refractivity contribution >= 4 is 35.4 Å². The molecule has 0 spiro atoms. The van der Waals surface area contributed by atoms with Crippen molar-refractivity contribution in [3.8, 4) is 0 Å². The molecule has 4 aromatic rings. The molecule has 3 heterocycles. The second kappa shape index (κ2) is 40.2. The van der Waals surface area contributed by atoms with Crippen LogP contribution >= 0.6 is 0 Å². The molecule has 3 fully saturated rings. The standard InChI is InChI=1S/2C25H35N2.C18H36N2O6.Sm/c2*1-16(2)20-11-9-12-21(17(3)4)24(20)26-15-27-25-22(18(5)6)13-10-14-23(25)19(7)8;1-7-21-13-14-24-10-4-20-5-11-25-17-15-22-8-2-19(1)3-9-23-16-18-26-12-6-20;/h2*9-19H,1-8H3;1-18H2;/q2*-1;;. The molecule has 3 saturated heterocycles. The number of ether oxygens (including phenoxy) is 6. The Morgan fingerprint density at radius 2 is 0.494 bits per heavy atom. The van der Waals surface area contributed by atoms with Crippen molar-refractivity contribution in [1.29, 1.82) is 0 Å². The third kappa shape index (κ3) is 25.5. The summed E-state index contributed by atoms with van der Waals surface area (Å²) in [5.74, 6) is 3.48. The Kier molecular flexibility index (Phi) is 35.8. The Morgan fingerprint density at radius 1 is 0.309 bits per heavy atom. The largest absolute Gasteiger partial charge is 0.443 e. The molecule has 0 atom stereocenters. The van der Waals surface area contributed by atoms with E-state index in [-0.39, 0.29) is 40.4 Å². The van der Waals surface area contributed by atoms with E-state index >= 15 is 0 Å². The van der Waals surface area contributed by atoms with Crippen LogP contribution in [0, 0.1) is 40.4 Å². The molecule has 7 rings (SSSR count). The number of nitrogens with zero attached hydrogens (tertiary/aromatic N) is 6. The maximum absolute atomic E-state index is 5.70. The first-order chi connectivity index (χ1) is 38.4. The number of aliphatic imine (C=N–C) groups is 2. The topological polar surface area (TPSA) is 115 Å². The van der Waals surface area contributed by atoms with Gasteiger partial charge >= 0.3 is 0 Å². The maximum Gasteiger partial charge on any atom is 0.0701 e. The Hall–Kier alpha value is -3.16. The zero-order valence-electron chi connectivity index (χ0n) is 53.0. The van der Waals surface area contributed by atoms with E-state index in [1.807, 2.05) is 0 Å². The molecule has 0 radical (unpaired) electrons. The predicted molar refractivity (Wildman–Crippen MR) is 339 cm³/mol. The van der Waals surface area contributed by atoms with Crippen LogP contribution in [-0.2, 0) is 28.4 Å². The van der Waals surface area contributed by atoms with E-state index < -0.39 is 0 Å². The second-order valence-corrected chi connectivity index (χ2v) is 23.5. The van der Waals surface area contributed by atoms with E-state index in [0.717, 1.165) is 62.0 Å². The van der Waals surface area contributed by atoms with Crippen molar-refractivity contribution in [2.45, 2.75) is 158 Å². The third-order valence-corrected chi connectivity index (χ3v) is 14.5. The summed E-state index contributed by atoms with van der Waals surface area (Å²) >= 11 is 0. The number of benzene rings is 4. The van der Waals surface area contributed by atoms with Crippen molar-refractivity contribution in [3.05, 3.63) is 128 Å². The van der Waals surface area contributed by atoms with Crippen molar-refractivity contribution in [1.82, 2.24) is 9.80 Å². The molecule has 13 heteroatoms. The van der Waals surface area contributed by atoms with Crippen LogP contribution in [0.4, 0.5) is 22.7 Å². The van der Waals surface area contributed by atoms with Gasteiger partial charge in [-0.25, -0.2) is 0 Å². The molecule has 4 aromatic carbocycles. The van der Waals surface area contributed by atoms with Gasteiger partial charge in [0, 0.05) is 79.7 Å². The van der Waals surface area contributed by atoms with Crippen LogP contribution in [0.5, 0.6) is 0 Å². The summed E-state index contributed by atoms with van der Waals surface area (Å²) in [5.41, 5.74) is 14.6. The van der Waals surface area contributed by atoms with Crippen LogP contribution in [0.2, 0.25) is 0 Å². The molecule has 0 N–H and O–H groups in total. The first-order valence-electron chi connectivity index (χ1n) is 30.3. The number of fused-ring (bicyclic) bond motifs is 21. The fraction of sp³-hybridized carbons (Fsp3) is 0.618. The zero-order chi connectivity index (χ0) is 58.4. The van der Waals surface area contributed by atoms with Gasteiger partial charge in [-0.3, -0.25) is 9.80 Å². The number of hydrogen-bond acceptors (Lipinski definition) is 10. The summed E-state index contributed by atoms with van der Waals surface area (Å²) in [4.78, 5) is 14.3. The monoisotopic (exact) mass is 1250 g/mol. The minimum Gasteiger partial charge on any atom is -0.443 e. The number of hydrogen-bond donors (Lipinski definition) is 0. The molecule has 0 saturated carbocycles. The molecule has 2 bridgehead atoms. The number of rotatable bonds is 14. The molecule has 0 aliphatic carbocycles. The Morgan fingerprint density at radius 3 is 0.679 bits per heavy atom. The summed E-state index contributed by atoms with van der Waals surface area (Å²) in [6, 6.07) is 26.1. The van der Waals surface area contributed by atoms with Crippen molar-refractivity contribution in [3.63, 3.8) is 0 Å². The minimum absolute atomic E-state index is 0. The average Bonchev–Trinajstić information content (AvgIpc) is 3.46. The van der Waals surface area contributed by atoms with E-state index in [1.165, 1.54) is 44.5 Å². The van der Waals surface area contributed by atoms with Gasteiger partial charge in [-0.15, -0.1) is 0 Å². The van der Waals surface area contributed by atoms with E-state index in [4.69, 9.17) is 49.0 Å². The first kappa shape index (κ1) is 72.1. The van der Waals surface area contributed by atoms with E-state index in [1.54, 1.807) is 12.7 Å². The normalized spacial score (nSPS) is 17.9. The molecule has 0 amide bonds. The molecule has 0 unspecified atom stereocenters. The third-order valence-electron chi connectivity index (χ3n) is 14.5. The molecular formula is C68H106N6O6Sm-2. The van der Waals surface area contributed by atoms with Gasteiger partial charge in [0.05, 0.1) is 79.3 Å². The molecule has 12 nitrogen and oxygen atoms in total. The Bertz CT molecular complexity index is 2090.